The number of benzene rings is 3. The van der Waals surface area contributed by atoms with E-state index in [4.69, 9.17) is 9.47 Å². The number of halogens is 5. The largest absolute Gasteiger partial charge is 0.507 e. The van der Waals surface area contributed by atoms with Gasteiger partial charge in [0.2, 0.25) is 6.29 Å². The molecule has 0 aliphatic carbocycles. The fraction of sp³-hybridized carbons (Fsp3) is 0.289. The molecule has 1 N–H and O–H groups in total. The summed E-state index contributed by atoms with van der Waals surface area (Å²) in [5.41, 5.74) is 0.962. The number of aliphatic hydroxyl groups is 1. The highest BCUT2D eigenvalue weighted by Gasteiger charge is 2.66. The van der Waals surface area contributed by atoms with Crippen molar-refractivity contribution >= 4 is 23.1 Å². The number of aliphatic hydroxyl groups excluding tert-OH is 1. The first-order valence-corrected chi connectivity index (χ1v) is 16.5. The summed E-state index contributed by atoms with van der Waals surface area (Å²) in [6, 6.07) is 16.6. The summed E-state index contributed by atoms with van der Waals surface area (Å²) >= 11 is 0. The molecular weight excluding hydrogens is 723 g/mol. The molecule has 1 aromatic heterocycles. The van der Waals surface area contributed by atoms with Crippen molar-refractivity contribution < 1.29 is 65.2 Å². The van der Waals surface area contributed by atoms with Crippen molar-refractivity contribution in [3.63, 3.8) is 0 Å². The third kappa shape index (κ3) is 8.39. The van der Waals surface area contributed by atoms with Gasteiger partial charge in [-0.3, -0.25) is 24.1 Å². The zero-order chi connectivity index (χ0) is 38.8. The number of hydrogen-bond donors (Lipinski definition) is 1. The Labute approximate surface area is 304 Å². The number of nitrogens with zero attached hydrogens (tertiary/aromatic N) is 2. The highest BCUT2D eigenvalue weighted by Crippen LogP contribution is 2.47. The second-order valence-electron chi connectivity index (χ2n) is 12.6. The number of fused-ring (bicyclic) bond motifs is 2. The number of alkyl halides is 4. The first kappa shape index (κ1) is 38.0. The van der Waals surface area contributed by atoms with Crippen molar-refractivity contribution in [3.05, 3.63) is 112 Å². The predicted octanol–water partition coefficient (Wildman–Crippen LogP) is 6.59. The van der Waals surface area contributed by atoms with Crippen LogP contribution in [0.3, 0.4) is 0 Å². The zero-order valence-electron chi connectivity index (χ0n) is 28.5. The van der Waals surface area contributed by atoms with E-state index in [0.717, 1.165) is 24.3 Å². The van der Waals surface area contributed by atoms with E-state index < -0.39 is 65.9 Å². The van der Waals surface area contributed by atoms with E-state index in [1.165, 1.54) is 24.3 Å². The Morgan fingerprint density at radius 3 is 2.04 bits per heavy atom. The molecular formula is C38H31F5N2O9. The Hall–Kier alpha value is -5.74. The molecule has 0 spiro atoms. The predicted molar refractivity (Wildman–Crippen MR) is 178 cm³/mol. The maximum absolute atomic E-state index is 14.7. The van der Waals surface area contributed by atoms with Gasteiger partial charge in [0.25, 0.3) is 0 Å². The minimum atomic E-state index is -4.98. The summed E-state index contributed by atoms with van der Waals surface area (Å²) in [6.45, 7) is 0.299. The first-order valence-electron chi connectivity index (χ1n) is 16.5. The molecule has 11 nitrogen and oxygen atoms in total. The molecule has 16 heteroatoms. The lowest BCUT2D eigenvalue weighted by molar-refractivity contribution is -0.391. The first-order chi connectivity index (χ1) is 25.6. The molecule has 282 valence electrons. The molecule has 2 aliphatic rings. The van der Waals surface area contributed by atoms with Crippen LogP contribution in [0.4, 0.5) is 22.0 Å². The lowest BCUT2D eigenvalue weighted by atomic mass is 9.97. The summed E-state index contributed by atoms with van der Waals surface area (Å²) in [7, 11) is 1.72. The van der Waals surface area contributed by atoms with Gasteiger partial charge in [0.1, 0.15) is 5.69 Å². The second kappa shape index (κ2) is 15.3. The molecule has 0 saturated heterocycles. The topological polar surface area (TPSA) is 142 Å². The number of ether oxygens (including phenoxy) is 4. The molecule has 1 atom stereocenters. The molecule has 0 fully saturated rings. The Morgan fingerprint density at radius 1 is 0.741 bits per heavy atom. The molecule has 1 unspecified atom stereocenters. The van der Waals surface area contributed by atoms with Gasteiger partial charge in [-0.25, -0.2) is 9.37 Å². The number of rotatable bonds is 14. The summed E-state index contributed by atoms with van der Waals surface area (Å²) in [5.74, 6) is -3.87. The average Bonchev–Trinajstić information content (AvgIpc) is 3.13. The van der Waals surface area contributed by atoms with Crippen LogP contribution in [0.5, 0.6) is 23.0 Å². The average molecular weight is 755 g/mol. The maximum Gasteiger partial charge on any atom is 0.507 e. The van der Waals surface area contributed by atoms with Gasteiger partial charge in [0, 0.05) is 55.5 Å². The highest BCUT2D eigenvalue weighted by atomic mass is 19.3. The third-order valence-corrected chi connectivity index (χ3v) is 8.51. The summed E-state index contributed by atoms with van der Waals surface area (Å²) in [6.07, 6.45) is -12.1. The number of pyridine rings is 1. The van der Waals surface area contributed by atoms with Gasteiger partial charge < -0.3 is 24.1 Å². The molecule has 0 saturated carbocycles. The van der Waals surface area contributed by atoms with Gasteiger partial charge in [0.15, 0.2) is 58.6 Å². The zero-order valence-corrected chi connectivity index (χ0v) is 28.5. The van der Waals surface area contributed by atoms with Crippen LogP contribution in [0.1, 0.15) is 78.5 Å². The van der Waals surface area contributed by atoms with Crippen molar-refractivity contribution in [1.29, 1.82) is 0 Å². The lowest BCUT2D eigenvalue weighted by Crippen LogP contribution is -2.52. The number of carbonyl (C=O) groups is 4. The quantitative estimate of drug-likeness (QED) is 0.110. The Balaban J connectivity index is 1.04. The number of hydrogen-bond acceptors (Lipinski definition) is 11. The van der Waals surface area contributed by atoms with E-state index in [-0.39, 0.29) is 49.7 Å². The van der Waals surface area contributed by atoms with E-state index in [1.807, 2.05) is 0 Å². The summed E-state index contributed by atoms with van der Waals surface area (Å²) < 4.78 is 87.5. The summed E-state index contributed by atoms with van der Waals surface area (Å²) in [4.78, 5) is 57.7. The molecule has 0 bridgehead atoms. The smallest absolute Gasteiger partial charge is 0.483 e. The van der Waals surface area contributed by atoms with Crippen molar-refractivity contribution in [2.45, 2.75) is 57.3 Å². The maximum atomic E-state index is 14.7. The van der Waals surface area contributed by atoms with Gasteiger partial charge in [-0.05, 0) is 61.1 Å². The highest BCUT2D eigenvalue weighted by molar-refractivity contribution is 6.03. The van der Waals surface area contributed by atoms with Gasteiger partial charge >= 0.3 is 12.2 Å². The molecule has 3 heterocycles. The van der Waals surface area contributed by atoms with Crippen LogP contribution < -0.4 is 18.9 Å². The van der Waals surface area contributed by atoms with Crippen LogP contribution in [0.2, 0.25) is 0 Å². The van der Waals surface area contributed by atoms with E-state index in [0.29, 0.717) is 33.9 Å². The Kier molecular flexibility index (Phi) is 10.8. The fourth-order valence-electron chi connectivity index (χ4n) is 5.79. The van der Waals surface area contributed by atoms with Crippen LogP contribution >= 0.6 is 0 Å². The number of ketones is 4. The van der Waals surface area contributed by atoms with Crippen molar-refractivity contribution in [2.75, 3.05) is 13.7 Å². The van der Waals surface area contributed by atoms with Gasteiger partial charge in [-0.15, -0.1) is 0 Å². The molecule has 2 aliphatic heterocycles. The standard InChI is InChI=1S/C38H31F5N2O9/c1-45(18-23-4-2-3-5-25(23)29(48)12-10-27(46)21-6-14-31-33(16-21)51-20-35(50)52-31)19-24-8-9-26(39)36(44-24)30(49)13-11-28(47)22-7-15-32-34(17-22)54-38(42,43)37(40,41)53-32/h2-9,14-17,35,50H,10-13,18-20H2,1H3. The molecule has 4 aromatic rings. The molecule has 0 radical (unpaired) electrons. The monoisotopic (exact) mass is 754 g/mol. The molecule has 0 amide bonds. The number of carbonyl (C=O) groups excluding carboxylic acids is 4. The van der Waals surface area contributed by atoms with Crippen molar-refractivity contribution in [1.82, 2.24) is 9.88 Å². The fourth-order valence-corrected chi connectivity index (χ4v) is 5.79. The minimum Gasteiger partial charge on any atom is -0.483 e. The van der Waals surface area contributed by atoms with E-state index in [1.54, 1.807) is 36.2 Å². The third-order valence-electron chi connectivity index (χ3n) is 8.51. The molecule has 6 rings (SSSR count). The number of Topliss-reactive ketones (excluding diaryl/α,β-unsaturated/α-hetero) is 4. The normalized spacial score (nSPS) is 16.5. The summed E-state index contributed by atoms with van der Waals surface area (Å²) in [5, 5.41) is 9.56. The van der Waals surface area contributed by atoms with Gasteiger partial charge in [0.05, 0.1) is 5.69 Å². The SMILES string of the molecule is CN(Cc1ccc(F)c(C(=O)CCC(=O)c2ccc3c(c2)OC(F)(F)C(F)(F)O3)n1)Cc1ccccc1C(=O)CCC(=O)c1ccc2c(c1)OCC(O)O2. The van der Waals surface area contributed by atoms with Gasteiger partial charge in [-0.1, -0.05) is 24.3 Å². The van der Waals surface area contributed by atoms with E-state index in [9.17, 15) is 46.2 Å². The van der Waals surface area contributed by atoms with Crippen LogP contribution in [0, 0.1) is 5.82 Å². The minimum absolute atomic E-state index is 0.0652. The van der Waals surface area contributed by atoms with Crippen LogP contribution in [-0.2, 0) is 13.1 Å². The van der Waals surface area contributed by atoms with E-state index >= 15 is 0 Å². The molecule has 3 aromatic carbocycles. The lowest BCUT2D eigenvalue weighted by Gasteiger charge is -2.31. The van der Waals surface area contributed by atoms with Gasteiger partial charge in [-0.2, -0.15) is 17.6 Å². The van der Waals surface area contributed by atoms with Crippen LogP contribution in [-0.4, -0.2) is 70.3 Å². The van der Waals surface area contributed by atoms with Crippen LogP contribution in [0.15, 0.2) is 72.8 Å². The second-order valence-corrected chi connectivity index (χ2v) is 12.6. The van der Waals surface area contributed by atoms with Crippen molar-refractivity contribution in [2.24, 2.45) is 0 Å². The van der Waals surface area contributed by atoms with Crippen molar-refractivity contribution in [3.8, 4) is 23.0 Å². The molecule has 54 heavy (non-hydrogen) atoms. The Morgan fingerprint density at radius 2 is 1.33 bits per heavy atom. The Bertz CT molecular complexity index is 2130. The van der Waals surface area contributed by atoms with E-state index in [2.05, 4.69) is 14.5 Å². The van der Waals surface area contributed by atoms with Crippen LogP contribution in [0.25, 0.3) is 0 Å². The number of aromatic nitrogens is 1.